The number of fused-ring (bicyclic) bond motifs is 3. The number of nitrogens with zero attached hydrogens (tertiary/aromatic N) is 1. The van der Waals surface area contributed by atoms with Crippen molar-refractivity contribution >= 4 is 11.9 Å². The van der Waals surface area contributed by atoms with E-state index in [9.17, 15) is 27.9 Å². The molecule has 3 aromatic rings. The molecule has 3 aliphatic heterocycles. The van der Waals surface area contributed by atoms with Gasteiger partial charge in [-0.15, -0.1) is 0 Å². The van der Waals surface area contributed by atoms with E-state index in [1.807, 2.05) is 12.1 Å². The summed E-state index contributed by atoms with van der Waals surface area (Å²) in [6.45, 7) is 3.55. The van der Waals surface area contributed by atoms with Crippen molar-refractivity contribution in [1.82, 2.24) is 5.32 Å². The van der Waals surface area contributed by atoms with Gasteiger partial charge in [0, 0.05) is 37.3 Å². The molecule has 3 aliphatic rings. The summed E-state index contributed by atoms with van der Waals surface area (Å²) in [5.41, 5.74) is -1.93. The van der Waals surface area contributed by atoms with E-state index in [2.05, 4.69) is 5.32 Å². The lowest BCUT2D eigenvalue weighted by Crippen LogP contribution is -2.65. The maximum atomic E-state index is 13.7. The van der Waals surface area contributed by atoms with E-state index in [4.69, 9.17) is 4.74 Å². The van der Waals surface area contributed by atoms with Crippen molar-refractivity contribution in [2.45, 2.75) is 37.1 Å². The molecular formula is C32H34F3N2O4+. The summed E-state index contributed by atoms with van der Waals surface area (Å²) in [5.74, 6) is -1.02. The fourth-order valence-electron chi connectivity index (χ4n) is 6.21. The van der Waals surface area contributed by atoms with E-state index in [1.165, 1.54) is 12.1 Å². The first-order valence-corrected chi connectivity index (χ1v) is 14.0. The number of alkyl halides is 3. The number of carbonyl (C=O) groups is 2. The van der Waals surface area contributed by atoms with E-state index in [0.717, 1.165) is 49.1 Å². The molecule has 0 radical (unpaired) electrons. The minimum absolute atomic E-state index is 0.0260. The molecule has 0 spiro atoms. The van der Waals surface area contributed by atoms with Gasteiger partial charge in [-0.25, -0.2) is 4.79 Å². The highest BCUT2D eigenvalue weighted by Gasteiger charge is 2.50. The average Bonchev–Trinajstić information content (AvgIpc) is 3.00. The fourth-order valence-corrected chi connectivity index (χ4v) is 6.21. The number of rotatable bonds is 9. The van der Waals surface area contributed by atoms with Gasteiger partial charge in [0.05, 0.1) is 25.2 Å². The number of hydrogen-bond acceptors (Lipinski definition) is 4. The third-order valence-corrected chi connectivity index (χ3v) is 8.53. The highest BCUT2D eigenvalue weighted by Crippen LogP contribution is 2.38. The lowest BCUT2D eigenvalue weighted by Gasteiger charge is -2.52. The summed E-state index contributed by atoms with van der Waals surface area (Å²) < 4.78 is 45.8. The van der Waals surface area contributed by atoms with Crippen LogP contribution in [-0.2, 0) is 21.3 Å². The zero-order valence-electron chi connectivity index (χ0n) is 22.6. The lowest BCUT2D eigenvalue weighted by atomic mass is 9.82. The number of carbonyl (C=O) groups excluding carboxylic acids is 2. The first kappa shape index (κ1) is 28.8. The number of nitrogens with one attached hydrogen (secondary N) is 1. The van der Waals surface area contributed by atoms with Crippen molar-refractivity contribution < 1.29 is 37.1 Å². The maximum Gasteiger partial charge on any atom is 0.416 e. The molecule has 1 atom stereocenters. The Hall–Kier alpha value is -3.69. The second kappa shape index (κ2) is 11.7. The van der Waals surface area contributed by atoms with Crippen LogP contribution in [0.15, 0.2) is 84.9 Å². The van der Waals surface area contributed by atoms with Crippen LogP contribution < -0.4 is 5.32 Å². The third-order valence-electron chi connectivity index (χ3n) is 8.53. The Morgan fingerprint density at radius 1 is 0.878 bits per heavy atom. The SMILES string of the molecule is O=C(NCCC[N+]12CCC(CC1)[C@@H](OC(=O)C(O)(c1ccccc1)c1ccccc1)C2)c1cccc(C(F)(F)F)c1. The Bertz CT molecular complexity index is 1320. The molecule has 41 heavy (non-hydrogen) atoms. The summed E-state index contributed by atoms with van der Waals surface area (Å²) >= 11 is 0. The summed E-state index contributed by atoms with van der Waals surface area (Å²) in [4.78, 5) is 26.1. The Labute approximate surface area is 237 Å². The van der Waals surface area contributed by atoms with Crippen molar-refractivity contribution in [2.24, 2.45) is 5.92 Å². The topological polar surface area (TPSA) is 75.6 Å². The Kier molecular flexibility index (Phi) is 8.20. The number of quaternary nitrogens is 1. The van der Waals surface area contributed by atoms with Gasteiger partial charge in [-0.05, 0) is 29.3 Å². The van der Waals surface area contributed by atoms with Crippen LogP contribution in [0, 0.1) is 5.92 Å². The molecule has 3 saturated heterocycles. The Morgan fingerprint density at radius 3 is 2.05 bits per heavy atom. The molecule has 6 rings (SSSR count). The second-order valence-electron chi connectivity index (χ2n) is 11.1. The largest absolute Gasteiger partial charge is 0.453 e. The van der Waals surface area contributed by atoms with Gasteiger partial charge in [0.15, 0.2) is 6.10 Å². The summed E-state index contributed by atoms with van der Waals surface area (Å²) in [5, 5.41) is 14.5. The Balaban J connectivity index is 1.21. The van der Waals surface area contributed by atoms with E-state index < -0.39 is 29.2 Å². The van der Waals surface area contributed by atoms with Crippen LogP contribution in [-0.4, -0.2) is 60.3 Å². The van der Waals surface area contributed by atoms with Crippen LogP contribution >= 0.6 is 0 Å². The van der Waals surface area contributed by atoms with Gasteiger partial charge in [-0.1, -0.05) is 66.7 Å². The predicted molar refractivity (Wildman–Crippen MR) is 147 cm³/mol. The maximum absolute atomic E-state index is 13.7. The van der Waals surface area contributed by atoms with Crippen LogP contribution in [0.5, 0.6) is 0 Å². The molecule has 3 fully saturated rings. The minimum Gasteiger partial charge on any atom is -0.453 e. The molecule has 2 N–H and O–H groups in total. The van der Waals surface area contributed by atoms with Gasteiger partial charge in [-0.2, -0.15) is 13.2 Å². The average molecular weight is 568 g/mol. The highest BCUT2D eigenvalue weighted by atomic mass is 19.4. The van der Waals surface area contributed by atoms with Crippen LogP contribution in [0.2, 0.25) is 0 Å². The van der Waals surface area contributed by atoms with Crippen molar-refractivity contribution in [2.75, 3.05) is 32.7 Å². The number of aliphatic hydroxyl groups is 1. The first-order chi connectivity index (χ1) is 19.6. The van der Waals surface area contributed by atoms with Crippen LogP contribution in [0.3, 0.4) is 0 Å². The number of halogens is 3. The van der Waals surface area contributed by atoms with Crippen LogP contribution in [0.1, 0.15) is 46.3 Å². The molecule has 9 heteroatoms. The zero-order chi connectivity index (χ0) is 29.1. The van der Waals surface area contributed by atoms with Gasteiger partial charge in [0.1, 0.15) is 6.54 Å². The molecule has 0 unspecified atom stereocenters. The highest BCUT2D eigenvalue weighted by molar-refractivity contribution is 5.94. The molecule has 3 heterocycles. The number of benzene rings is 3. The molecule has 1 amide bonds. The van der Waals surface area contributed by atoms with Gasteiger partial charge in [0.25, 0.3) is 5.91 Å². The monoisotopic (exact) mass is 567 g/mol. The summed E-state index contributed by atoms with van der Waals surface area (Å²) in [6, 6.07) is 22.0. The van der Waals surface area contributed by atoms with Crippen LogP contribution in [0.25, 0.3) is 0 Å². The predicted octanol–water partition coefficient (Wildman–Crippen LogP) is 4.91. The Morgan fingerprint density at radius 2 is 1.46 bits per heavy atom. The number of amides is 1. The molecule has 0 saturated carbocycles. The van der Waals surface area contributed by atoms with Gasteiger partial charge in [-0.3, -0.25) is 4.79 Å². The van der Waals surface area contributed by atoms with E-state index in [0.29, 0.717) is 30.6 Å². The number of piperidine rings is 3. The van der Waals surface area contributed by atoms with Gasteiger partial charge < -0.3 is 19.6 Å². The van der Waals surface area contributed by atoms with E-state index in [-0.39, 0.29) is 17.6 Å². The van der Waals surface area contributed by atoms with Gasteiger partial charge in [0.2, 0.25) is 5.60 Å². The fraction of sp³-hybridized carbons (Fsp3) is 0.375. The number of ether oxygens (including phenoxy) is 1. The van der Waals surface area contributed by atoms with Crippen LogP contribution in [0.4, 0.5) is 13.2 Å². The van der Waals surface area contributed by atoms with Crippen molar-refractivity contribution in [1.29, 1.82) is 0 Å². The van der Waals surface area contributed by atoms with Crippen molar-refractivity contribution in [3.8, 4) is 0 Å². The normalized spacial score (nSPS) is 22.2. The number of hydrogen-bond donors (Lipinski definition) is 2. The number of esters is 1. The summed E-state index contributed by atoms with van der Waals surface area (Å²) in [7, 11) is 0. The standard InChI is InChI=1S/C32H33F3N2O4/c33-32(34,35)27-14-7-9-24(21-27)29(38)36-17-8-18-37-19-15-23(16-20-37)28(22-37)41-30(39)31(40,25-10-3-1-4-11-25)26-12-5-2-6-13-26/h1-7,9-14,21,23,28,40H,8,15-20,22H2/p+1/t23?,28-,37?/m0/s1. The smallest absolute Gasteiger partial charge is 0.416 e. The van der Waals surface area contributed by atoms with E-state index in [1.54, 1.807) is 48.5 Å². The molecule has 216 valence electrons. The molecule has 0 aromatic heterocycles. The van der Waals surface area contributed by atoms with Crippen molar-refractivity contribution in [3.05, 3.63) is 107 Å². The van der Waals surface area contributed by atoms with Crippen molar-refractivity contribution in [3.63, 3.8) is 0 Å². The molecule has 0 aliphatic carbocycles. The minimum atomic E-state index is -4.51. The first-order valence-electron chi connectivity index (χ1n) is 14.0. The van der Waals surface area contributed by atoms with Gasteiger partial charge >= 0.3 is 12.1 Å². The second-order valence-corrected chi connectivity index (χ2v) is 11.1. The lowest BCUT2D eigenvalue weighted by molar-refractivity contribution is -0.946. The van der Waals surface area contributed by atoms with E-state index >= 15 is 0 Å². The summed E-state index contributed by atoms with van der Waals surface area (Å²) in [6.07, 6.45) is -2.44. The molecular weight excluding hydrogens is 533 g/mol. The zero-order valence-corrected chi connectivity index (χ0v) is 22.6. The molecule has 3 aromatic carbocycles. The molecule has 2 bridgehead atoms. The third kappa shape index (κ3) is 6.16. The quantitative estimate of drug-likeness (QED) is 0.219. The molecule has 6 nitrogen and oxygen atoms in total.